The highest BCUT2D eigenvalue weighted by Gasteiger charge is 2.36. The fourth-order valence-electron chi connectivity index (χ4n) is 3.82. The van der Waals surface area contributed by atoms with E-state index in [-0.39, 0.29) is 17.6 Å². The molecule has 0 spiro atoms. The first-order valence-corrected chi connectivity index (χ1v) is 12.1. The molecule has 0 radical (unpaired) electrons. The van der Waals surface area contributed by atoms with Crippen molar-refractivity contribution in [3.05, 3.63) is 101 Å². The standard InChI is InChI=1S/C27H24N4O4S/c1-17-24(26(33)31-18-8-4-3-5-9-18)25(22-12-7-13-35-22)21(15-28)27(29-17)36-16-23(32)30-19-10-6-11-20(14-19)34-2/h3-14,25,29H,16H2,1-2H3,(H,30,32)(H,31,33)/t25-/m0/s1. The Kier molecular flexibility index (Phi) is 7.78. The van der Waals surface area contributed by atoms with E-state index in [4.69, 9.17) is 9.15 Å². The number of hydrogen-bond donors (Lipinski definition) is 3. The summed E-state index contributed by atoms with van der Waals surface area (Å²) < 4.78 is 10.8. The summed E-state index contributed by atoms with van der Waals surface area (Å²) >= 11 is 1.19. The van der Waals surface area contributed by atoms with Crippen LogP contribution in [0.1, 0.15) is 18.6 Å². The summed E-state index contributed by atoms with van der Waals surface area (Å²) in [7, 11) is 1.56. The van der Waals surface area contributed by atoms with E-state index in [1.54, 1.807) is 62.6 Å². The fraction of sp³-hybridized carbons (Fsp3) is 0.148. The van der Waals surface area contributed by atoms with Crippen LogP contribution >= 0.6 is 11.8 Å². The molecular formula is C27H24N4O4S. The van der Waals surface area contributed by atoms with Crippen molar-refractivity contribution in [2.75, 3.05) is 23.5 Å². The Morgan fingerprint density at radius 1 is 1.08 bits per heavy atom. The highest BCUT2D eigenvalue weighted by Crippen LogP contribution is 2.41. The number of nitriles is 1. The molecule has 0 aliphatic carbocycles. The third kappa shape index (κ3) is 5.62. The van der Waals surface area contributed by atoms with Gasteiger partial charge >= 0.3 is 0 Å². The predicted molar refractivity (Wildman–Crippen MR) is 139 cm³/mol. The van der Waals surface area contributed by atoms with E-state index in [0.717, 1.165) is 0 Å². The first-order valence-electron chi connectivity index (χ1n) is 11.1. The number of nitrogens with one attached hydrogen (secondary N) is 3. The highest BCUT2D eigenvalue weighted by molar-refractivity contribution is 8.03. The maximum atomic E-state index is 13.3. The van der Waals surface area contributed by atoms with Crippen LogP contribution in [0.4, 0.5) is 11.4 Å². The van der Waals surface area contributed by atoms with Gasteiger partial charge in [-0.2, -0.15) is 5.26 Å². The number of nitrogens with zero attached hydrogens (tertiary/aromatic N) is 1. The Morgan fingerprint density at radius 2 is 1.86 bits per heavy atom. The van der Waals surface area contributed by atoms with Crippen LogP contribution in [0.25, 0.3) is 0 Å². The van der Waals surface area contributed by atoms with Gasteiger partial charge in [-0.3, -0.25) is 9.59 Å². The minimum Gasteiger partial charge on any atom is -0.497 e. The van der Waals surface area contributed by atoms with E-state index in [1.807, 2.05) is 18.2 Å². The van der Waals surface area contributed by atoms with Crippen molar-refractivity contribution in [2.45, 2.75) is 12.8 Å². The second-order valence-corrected chi connectivity index (χ2v) is 8.84. The van der Waals surface area contributed by atoms with Crippen LogP contribution in [-0.4, -0.2) is 24.7 Å². The smallest absolute Gasteiger partial charge is 0.254 e. The van der Waals surface area contributed by atoms with Crippen LogP contribution in [-0.2, 0) is 9.59 Å². The minimum atomic E-state index is -0.723. The van der Waals surface area contributed by atoms with E-state index in [1.165, 1.54) is 18.0 Å². The number of ether oxygens (including phenoxy) is 1. The van der Waals surface area contributed by atoms with E-state index in [9.17, 15) is 14.9 Å². The Balaban J connectivity index is 1.56. The lowest BCUT2D eigenvalue weighted by atomic mass is 9.85. The van der Waals surface area contributed by atoms with E-state index in [0.29, 0.717) is 44.8 Å². The minimum absolute atomic E-state index is 0.0500. The van der Waals surface area contributed by atoms with Gasteiger partial charge in [-0.25, -0.2) is 0 Å². The largest absolute Gasteiger partial charge is 0.497 e. The van der Waals surface area contributed by atoms with Crippen molar-refractivity contribution in [1.82, 2.24) is 5.32 Å². The Hall–Kier alpha value is -4.42. The number of furan rings is 1. The zero-order chi connectivity index (χ0) is 25.5. The number of rotatable bonds is 8. The van der Waals surface area contributed by atoms with Gasteiger partial charge in [0, 0.05) is 23.1 Å². The molecule has 0 saturated carbocycles. The SMILES string of the molecule is COc1cccc(NC(=O)CSC2=C(C#N)[C@@H](c3ccco3)C(C(=O)Nc3ccccc3)=C(C)N2)c1. The van der Waals surface area contributed by atoms with Crippen LogP contribution in [0.3, 0.4) is 0 Å². The number of benzene rings is 2. The van der Waals surface area contributed by atoms with Crippen molar-refractivity contribution in [1.29, 1.82) is 5.26 Å². The summed E-state index contributed by atoms with van der Waals surface area (Å²) in [5.74, 6) is -0.173. The molecule has 2 amide bonds. The number of methoxy groups -OCH3 is 1. The summed E-state index contributed by atoms with van der Waals surface area (Å²) in [4.78, 5) is 25.9. The van der Waals surface area contributed by atoms with E-state index < -0.39 is 5.92 Å². The number of allylic oxidation sites excluding steroid dienone is 2. The molecule has 3 aromatic rings. The highest BCUT2D eigenvalue weighted by atomic mass is 32.2. The lowest BCUT2D eigenvalue weighted by molar-refractivity contribution is -0.114. The Morgan fingerprint density at radius 3 is 2.56 bits per heavy atom. The quantitative estimate of drug-likeness (QED) is 0.399. The van der Waals surface area contributed by atoms with Crippen LogP contribution in [0.5, 0.6) is 5.75 Å². The average molecular weight is 501 g/mol. The van der Waals surface area contributed by atoms with Gasteiger partial charge in [0.05, 0.1) is 47.3 Å². The van der Waals surface area contributed by atoms with Crippen LogP contribution in [0, 0.1) is 11.3 Å². The summed E-state index contributed by atoms with van der Waals surface area (Å²) in [6.07, 6.45) is 1.50. The summed E-state index contributed by atoms with van der Waals surface area (Å²) in [6.45, 7) is 1.76. The van der Waals surface area contributed by atoms with Gasteiger partial charge in [0.15, 0.2) is 0 Å². The fourth-order valence-corrected chi connectivity index (χ4v) is 4.71. The van der Waals surface area contributed by atoms with Crippen molar-refractivity contribution in [2.24, 2.45) is 0 Å². The molecule has 0 bridgehead atoms. The Labute approximate surface area is 213 Å². The number of hydrogen-bond acceptors (Lipinski definition) is 7. The van der Waals surface area contributed by atoms with Crippen LogP contribution in [0.2, 0.25) is 0 Å². The molecule has 1 aromatic heterocycles. The van der Waals surface area contributed by atoms with E-state index >= 15 is 0 Å². The van der Waals surface area contributed by atoms with E-state index in [2.05, 4.69) is 22.0 Å². The first kappa shape index (κ1) is 24.7. The Bertz CT molecular complexity index is 1360. The molecular weight excluding hydrogens is 476 g/mol. The second-order valence-electron chi connectivity index (χ2n) is 7.86. The van der Waals surface area contributed by atoms with Crippen LogP contribution in [0.15, 0.2) is 99.3 Å². The molecule has 1 atom stereocenters. The third-order valence-corrected chi connectivity index (χ3v) is 6.47. The molecule has 0 saturated heterocycles. The van der Waals surface area contributed by atoms with Gasteiger partial charge in [0.25, 0.3) is 5.91 Å². The van der Waals surface area contributed by atoms with Crippen molar-refractivity contribution in [3.8, 4) is 11.8 Å². The summed E-state index contributed by atoms with van der Waals surface area (Å²) in [6, 6.07) is 21.8. The number of carbonyl (C=O) groups is 2. The maximum absolute atomic E-state index is 13.3. The van der Waals surface area contributed by atoms with Crippen molar-refractivity contribution in [3.63, 3.8) is 0 Å². The maximum Gasteiger partial charge on any atom is 0.254 e. The van der Waals surface area contributed by atoms with Gasteiger partial charge in [0.1, 0.15) is 11.5 Å². The molecule has 182 valence electrons. The molecule has 8 nitrogen and oxygen atoms in total. The number of dihydropyridines is 1. The zero-order valence-corrected chi connectivity index (χ0v) is 20.5. The van der Waals surface area contributed by atoms with Gasteiger partial charge < -0.3 is 25.1 Å². The van der Waals surface area contributed by atoms with Crippen LogP contribution < -0.4 is 20.7 Å². The zero-order valence-electron chi connectivity index (χ0n) is 19.7. The van der Waals surface area contributed by atoms with Gasteiger partial charge in [-0.1, -0.05) is 36.0 Å². The number of carbonyl (C=O) groups excluding carboxylic acids is 2. The monoisotopic (exact) mass is 500 g/mol. The molecule has 0 fully saturated rings. The number of amides is 2. The summed E-state index contributed by atoms with van der Waals surface area (Å²) in [5, 5.41) is 19.5. The summed E-state index contributed by atoms with van der Waals surface area (Å²) in [5.41, 5.74) is 2.48. The van der Waals surface area contributed by atoms with Gasteiger partial charge in [-0.05, 0) is 43.3 Å². The molecule has 3 N–H and O–H groups in total. The molecule has 4 rings (SSSR count). The molecule has 2 heterocycles. The molecule has 2 aromatic carbocycles. The normalized spacial score (nSPS) is 15.1. The second kappa shape index (κ2) is 11.3. The molecule has 1 aliphatic rings. The number of para-hydroxylation sites is 1. The topological polar surface area (TPSA) is 116 Å². The van der Waals surface area contributed by atoms with Crippen molar-refractivity contribution >= 4 is 35.0 Å². The number of anilines is 2. The van der Waals surface area contributed by atoms with Crippen molar-refractivity contribution < 1.29 is 18.7 Å². The molecule has 36 heavy (non-hydrogen) atoms. The van der Waals surface area contributed by atoms with Gasteiger partial charge in [-0.15, -0.1) is 0 Å². The molecule has 0 unspecified atom stereocenters. The molecule has 9 heteroatoms. The number of thioether (sulfide) groups is 1. The first-order chi connectivity index (χ1) is 17.5. The third-order valence-electron chi connectivity index (χ3n) is 5.45. The lowest BCUT2D eigenvalue weighted by Gasteiger charge is -2.28. The predicted octanol–water partition coefficient (Wildman–Crippen LogP) is 4.99. The molecule has 1 aliphatic heterocycles. The van der Waals surface area contributed by atoms with Gasteiger partial charge in [0.2, 0.25) is 5.91 Å². The average Bonchev–Trinajstić information content (AvgIpc) is 3.42. The lowest BCUT2D eigenvalue weighted by Crippen LogP contribution is -2.31.